The lowest BCUT2D eigenvalue weighted by molar-refractivity contribution is -0.156. The summed E-state index contributed by atoms with van der Waals surface area (Å²) in [4.78, 5) is 26.9. The van der Waals surface area contributed by atoms with Gasteiger partial charge in [0.2, 0.25) is 11.8 Å². The molecular weight excluding hydrogens is 240 g/mol. The number of hydrogen-bond donors (Lipinski definition) is 1. The molecule has 4 nitrogen and oxygen atoms in total. The monoisotopic (exact) mass is 264 g/mol. The normalized spacial score (nSPS) is 33.0. The van der Waals surface area contributed by atoms with E-state index in [9.17, 15) is 9.59 Å². The first-order chi connectivity index (χ1) is 8.95. The van der Waals surface area contributed by atoms with Crippen LogP contribution >= 0.6 is 0 Å². The quantitative estimate of drug-likeness (QED) is 0.769. The molecule has 0 spiro atoms. The molecule has 19 heavy (non-hydrogen) atoms. The van der Waals surface area contributed by atoms with Crippen molar-refractivity contribution >= 4 is 11.8 Å². The topological polar surface area (TPSA) is 49.4 Å². The number of nitrogens with zero attached hydrogens (tertiary/aromatic N) is 1. The van der Waals surface area contributed by atoms with Gasteiger partial charge in [0.25, 0.3) is 0 Å². The third kappa shape index (κ3) is 2.28. The number of carbonyl (C=O) groups is 2. The highest BCUT2D eigenvalue weighted by atomic mass is 16.2. The molecular formula is C15H24N2O2. The minimum atomic E-state index is -0.704. The van der Waals surface area contributed by atoms with E-state index in [4.69, 9.17) is 0 Å². The van der Waals surface area contributed by atoms with E-state index < -0.39 is 5.54 Å². The molecule has 1 aliphatic carbocycles. The number of piperazine rings is 1. The summed E-state index contributed by atoms with van der Waals surface area (Å²) in [6, 6.07) is -0.359. The standard InChI is InChI=1S/C15H24N2O2/c1-5-9-17-12(10(3)6-2)13(18)16-15(4,14(17)19)11-7-8-11/h5,10-12H,1,6-9H2,2-4H3,(H,16,18). The molecule has 1 aliphatic heterocycles. The van der Waals surface area contributed by atoms with Gasteiger partial charge in [0.05, 0.1) is 0 Å². The summed E-state index contributed by atoms with van der Waals surface area (Å²) < 4.78 is 0. The molecule has 0 aromatic heterocycles. The van der Waals surface area contributed by atoms with Gasteiger partial charge in [-0.2, -0.15) is 0 Å². The van der Waals surface area contributed by atoms with Crippen LogP contribution in [0, 0.1) is 11.8 Å². The molecule has 0 radical (unpaired) electrons. The van der Waals surface area contributed by atoms with Crippen molar-refractivity contribution in [2.24, 2.45) is 11.8 Å². The van der Waals surface area contributed by atoms with Crippen LogP contribution < -0.4 is 5.32 Å². The average Bonchev–Trinajstić information content (AvgIpc) is 3.19. The smallest absolute Gasteiger partial charge is 0.249 e. The Balaban J connectivity index is 2.31. The van der Waals surface area contributed by atoms with Gasteiger partial charge in [-0.1, -0.05) is 26.3 Å². The minimum absolute atomic E-state index is 0.00907. The second-order valence-corrected chi connectivity index (χ2v) is 6.04. The van der Waals surface area contributed by atoms with Gasteiger partial charge in [-0.3, -0.25) is 9.59 Å². The van der Waals surface area contributed by atoms with Gasteiger partial charge in [0.15, 0.2) is 0 Å². The van der Waals surface area contributed by atoms with Gasteiger partial charge < -0.3 is 10.2 Å². The molecule has 0 aromatic rings. The molecule has 4 heteroatoms. The largest absolute Gasteiger partial charge is 0.340 e. The van der Waals surface area contributed by atoms with Crippen molar-refractivity contribution in [2.45, 2.75) is 51.6 Å². The number of nitrogens with one attached hydrogen (secondary N) is 1. The van der Waals surface area contributed by atoms with Crippen molar-refractivity contribution in [2.75, 3.05) is 6.54 Å². The molecule has 1 heterocycles. The summed E-state index contributed by atoms with van der Waals surface area (Å²) in [5, 5.41) is 2.99. The van der Waals surface area contributed by atoms with E-state index in [1.165, 1.54) is 0 Å². The van der Waals surface area contributed by atoms with Crippen LogP contribution in [0.2, 0.25) is 0 Å². The molecule has 2 fully saturated rings. The first kappa shape index (κ1) is 14.1. The lowest BCUT2D eigenvalue weighted by atomic mass is 9.85. The maximum atomic E-state index is 12.8. The number of hydrogen-bond acceptors (Lipinski definition) is 2. The zero-order valence-electron chi connectivity index (χ0n) is 12.1. The number of carbonyl (C=O) groups excluding carboxylic acids is 2. The molecule has 2 aliphatic rings. The first-order valence-electron chi connectivity index (χ1n) is 7.19. The summed E-state index contributed by atoms with van der Waals surface area (Å²) in [5.74, 6) is 0.506. The predicted molar refractivity (Wildman–Crippen MR) is 74.4 cm³/mol. The molecule has 0 bridgehead atoms. The molecule has 0 aromatic carbocycles. The third-order valence-corrected chi connectivity index (χ3v) is 4.60. The third-order valence-electron chi connectivity index (χ3n) is 4.60. The second-order valence-electron chi connectivity index (χ2n) is 6.04. The van der Waals surface area contributed by atoms with Gasteiger partial charge in [-0.25, -0.2) is 0 Å². The maximum Gasteiger partial charge on any atom is 0.249 e. The van der Waals surface area contributed by atoms with Crippen LogP contribution in [0.15, 0.2) is 12.7 Å². The van der Waals surface area contributed by atoms with Crippen LogP contribution in [0.25, 0.3) is 0 Å². The van der Waals surface area contributed by atoms with E-state index in [1.54, 1.807) is 11.0 Å². The Morgan fingerprint density at radius 2 is 2.16 bits per heavy atom. The maximum absolute atomic E-state index is 12.8. The van der Waals surface area contributed by atoms with Gasteiger partial charge in [-0.05, 0) is 31.6 Å². The Kier molecular flexibility index (Phi) is 3.70. The van der Waals surface area contributed by atoms with Crippen LogP contribution in [0.4, 0.5) is 0 Å². The Hall–Kier alpha value is -1.32. The van der Waals surface area contributed by atoms with E-state index in [0.29, 0.717) is 12.5 Å². The second kappa shape index (κ2) is 4.99. The zero-order chi connectivity index (χ0) is 14.2. The van der Waals surface area contributed by atoms with E-state index in [1.807, 2.05) is 20.8 Å². The summed E-state index contributed by atoms with van der Waals surface area (Å²) in [6.45, 7) is 10.1. The fourth-order valence-corrected chi connectivity index (χ4v) is 3.01. The van der Waals surface area contributed by atoms with Crippen molar-refractivity contribution < 1.29 is 9.59 Å². The van der Waals surface area contributed by atoms with E-state index in [2.05, 4.69) is 11.9 Å². The summed E-state index contributed by atoms with van der Waals surface area (Å²) >= 11 is 0. The van der Waals surface area contributed by atoms with Gasteiger partial charge in [0.1, 0.15) is 11.6 Å². The van der Waals surface area contributed by atoms with E-state index in [-0.39, 0.29) is 23.8 Å². The molecule has 1 saturated carbocycles. The Morgan fingerprint density at radius 1 is 1.53 bits per heavy atom. The van der Waals surface area contributed by atoms with E-state index in [0.717, 1.165) is 19.3 Å². The molecule has 3 unspecified atom stereocenters. The lowest BCUT2D eigenvalue weighted by Gasteiger charge is -2.46. The van der Waals surface area contributed by atoms with Crippen LogP contribution in [0.5, 0.6) is 0 Å². The van der Waals surface area contributed by atoms with Gasteiger partial charge in [-0.15, -0.1) is 6.58 Å². The highest BCUT2D eigenvalue weighted by molar-refractivity contribution is 6.00. The van der Waals surface area contributed by atoms with Crippen molar-refractivity contribution in [1.82, 2.24) is 10.2 Å². The zero-order valence-corrected chi connectivity index (χ0v) is 12.1. The Bertz CT molecular complexity index is 403. The number of amides is 2. The fourth-order valence-electron chi connectivity index (χ4n) is 3.01. The predicted octanol–water partition coefficient (Wildman–Crippen LogP) is 1.71. The van der Waals surface area contributed by atoms with Crippen LogP contribution in [-0.2, 0) is 9.59 Å². The summed E-state index contributed by atoms with van der Waals surface area (Å²) in [7, 11) is 0. The summed E-state index contributed by atoms with van der Waals surface area (Å²) in [5.41, 5.74) is -0.704. The average molecular weight is 264 g/mol. The molecule has 2 amide bonds. The van der Waals surface area contributed by atoms with Crippen LogP contribution in [-0.4, -0.2) is 34.8 Å². The highest BCUT2D eigenvalue weighted by Crippen LogP contribution is 2.42. The van der Waals surface area contributed by atoms with Crippen LogP contribution in [0.3, 0.4) is 0 Å². The van der Waals surface area contributed by atoms with Crippen molar-refractivity contribution in [3.8, 4) is 0 Å². The van der Waals surface area contributed by atoms with E-state index >= 15 is 0 Å². The SMILES string of the molecule is C=CCN1C(=O)C(C)(C2CC2)NC(=O)C1C(C)CC. The first-order valence-corrected chi connectivity index (χ1v) is 7.19. The highest BCUT2D eigenvalue weighted by Gasteiger charge is 2.55. The van der Waals surface area contributed by atoms with Gasteiger partial charge >= 0.3 is 0 Å². The van der Waals surface area contributed by atoms with Crippen LogP contribution in [0.1, 0.15) is 40.0 Å². The minimum Gasteiger partial charge on any atom is -0.340 e. The van der Waals surface area contributed by atoms with Gasteiger partial charge in [0, 0.05) is 6.54 Å². The molecule has 3 atom stereocenters. The molecule has 106 valence electrons. The lowest BCUT2D eigenvalue weighted by Crippen LogP contribution is -2.71. The molecule has 1 N–H and O–H groups in total. The Labute approximate surface area is 115 Å². The molecule has 2 rings (SSSR count). The fraction of sp³-hybridized carbons (Fsp3) is 0.733. The molecule has 1 saturated heterocycles. The Morgan fingerprint density at radius 3 is 2.63 bits per heavy atom. The summed E-state index contributed by atoms with van der Waals surface area (Å²) in [6.07, 6.45) is 4.63. The van der Waals surface area contributed by atoms with Crippen molar-refractivity contribution in [3.05, 3.63) is 12.7 Å². The van der Waals surface area contributed by atoms with Crippen molar-refractivity contribution in [3.63, 3.8) is 0 Å². The number of rotatable bonds is 5. The van der Waals surface area contributed by atoms with Crippen molar-refractivity contribution in [1.29, 1.82) is 0 Å².